The van der Waals surface area contributed by atoms with E-state index >= 15 is 0 Å². The minimum atomic E-state index is -4.61. The smallest absolute Gasteiger partial charge is 0.292 e. The Labute approximate surface area is 166 Å². The van der Waals surface area contributed by atoms with Gasteiger partial charge in [-0.15, -0.1) is 5.10 Å². The molecule has 148 valence electrons. The first-order chi connectivity index (χ1) is 13.1. The molecule has 0 spiro atoms. The Bertz CT molecular complexity index is 1010. The van der Waals surface area contributed by atoms with Gasteiger partial charge in [0.2, 0.25) is 11.9 Å². The molecule has 3 rings (SSSR count). The molecule has 0 atom stereocenters. The molecule has 1 aromatic carbocycles. The Kier molecular flexibility index (Phi) is 5.54. The molecule has 1 amide bonds. The Balaban J connectivity index is 1.66. The van der Waals surface area contributed by atoms with Crippen molar-refractivity contribution < 1.29 is 18.0 Å². The second-order valence-electron chi connectivity index (χ2n) is 6.14. The third kappa shape index (κ3) is 4.41. The van der Waals surface area contributed by atoms with Gasteiger partial charge in [-0.05, 0) is 40.9 Å². The topological polar surface area (TPSA) is 77.6 Å². The first-order valence-corrected chi connectivity index (χ1v) is 8.98. The van der Waals surface area contributed by atoms with Gasteiger partial charge < -0.3 is 0 Å². The molecule has 7 nitrogen and oxygen atoms in total. The first kappa shape index (κ1) is 20.1. The molecule has 11 heteroatoms. The SMILES string of the molecule is Cc1ccccc1Cn1cnc(NC(=O)Cn2nc(C(F)(F)F)c(Br)c2C)n1. The summed E-state index contributed by atoms with van der Waals surface area (Å²) in [5.74, 6) is -0.515. The number of amides is 1. The average Bonchev–Trinajstić information content (AvgIpc) is 3.16. The van der Waals surface area contributed by atoms with Gasteiger partial charge in [0.25, 0.3) is 0 Å². The largest absolute Gasteiger partial charge is 0.436 e. The van der Waals surface area contributed by atoms with Crippen molar-refractivity contribution in [3.05, 3.63) is 57.6 Å². The van der Waals surface area contributed by atoms with Crippen molar-refractivity contribution in [3.63, 3.8) is 0 Å². The molecule has 0 saturated heterocycles. The molecule has 0 aliphatic rings. The minimum absolute atomic E-state index is 0.0681. The molecule has 0 aliphatic carbocycles. The van der Waals surface area contributed by atoms with Crippen LogP contribution in [0.4, 0.5) is 19.1 Å². The lowest BCUT2D eigenvalue weighted by Crippen LogP contribution is -2.21. The molecule has 0 fully saturated rings. The van der Waals surface area contributed by atoms with Crippen LogP contribution >= 0.6 is 15.9 Å². The van der Waals surface area contributed by atoms with E-state index in [9.17, 15) is 18.0 Å². The van der Waals surface area contributed by atoms with Gasteiger partial charge in [-0.25, -0.2) is 9.67 Å². The molecule has 0 unspecified atom stereocenters. The molecule has 3 aromatic rings. The van der Waals surface area contributed by atoms with E-state index in [1.54, 1.807) is 4.68 Å². The van der Waals surface area contributed by atoms with Gasteiger partial charge in [0.05, 0.1) is 16.7 Å². The highest BCUT2D eigenvalue weighted by molar-refractivity contribution is 9.10. The average molecular weight is 457 g/mol. The second kappa shape index (κ2) is 7.74. The summed E-state index contributed by atoms with van der Waals surface area (Å²) >= 11 is 2.87. The van der Waals surface area contributed by atoms with Crippen molar-refractivity contribution >= 4 is 27.8 Å². The summed E-state index contributed by atoms with van der Waals surface area (Å²) in [7, 11) is 0. The third-order valence-electron chi connectivity index (χ3n) is 4.08. The van der Waals surface area contributed by atoms with Crippen LogP contribution in [-0.2, 0) is 24.1 Å². The predicted molar refractivity (Wildman–Crippen MR) is 98.6 cm³/mol. The van der Waals surface area contributed by atoms with Crippen LogP contribution in [-0.4, -0.2) is 30.5 Å². The molecule has 0 radical (unpaired) electrons. The molecule has 0 bridgehead atoms. The maximum absolute atomic E-state index is 12.9. The fourth-order valence-electron chi connectivity index (χ4n) is 2.55. The zero-order valence-corrected chi connectivity index (χ0v) is 16.5. The van der Waals surface area contributed by atoms with E-state index in [0.717, 1.165) is 15.8 Å². The van der Waals surface area contributed by atoms with Gasteiger partial charge in [0.1, 0.15) is 12.9 Å². The third-order valence-corrected chi connectivity index (χ3v) is 5.03. The molecule has 1 N–H and O–H groups in total. The number of carbonyl (C=O) groups is 1. The van der Waals surface area contributed by atoms with Crippen LogP contribution in [0.3, 0.4) is 0 Å². The van der Waals surface area contributed by atoms with Gasteiger partial charge in [-0.3, -0.25) is 14.8 Å². The summed E-state index contributed by atoms with van der Waals surface area (Å²) < 4.78 is 41.1. The fraction of sp³-hybridized carbons (Fsp3) is 0.294. The maximum atomic E-state index is 12.9. The lowest BCUT2D eigenvalue weighted by molar-refractivity contribution is -0.142. The number of hydrogen-bond donors (Lipinski definition) is 1. The number of hydrogen-bond acceptors (Lipinski definition) is 4. The van der Waals surface area contributed by atoms with Crippen molar-refractivity contribution in [2.24, 2.45) is 0 Å². The summed E-state index contributed by atoms with van der Waals surface area (Å²) in [5.41, 5.74) is 1.28. The van der Waals surface area contributed by atoms with E-state index in [1.807, 2.05) is 31.2 Å². The predicted octanol–water partition coefficient (Wildman–Crippen LogP) is 3.56. The highest BCUT2D eigenvalue weighted by Crippen LogP contribution is 2.35. The Morgan fingerprint density at radius 1 is 1.21 bits per heavy atom. The summed E-state index contributed by atoms with van der Waals surface area (Å²) in [6.45, 7) is 3.51. The van der Waals surface area contributed by atoms with Crippen molar-refractivity contribution in [2.45, 2.75) is 33.1 Å². The van der Waals surface area contributed by atoms with Crippen LogP contribution in [0.5, 0.6) is 0 Å². The van der Waals surface area contributed by atoms with Crippen molar-refractivity contribution in [2.75, 3.05) is 5.32 Å². The zero-order chi connectivity index (χ0) is 20.5. The van der Waals surface area contributed by atoms with Crippen molar-refractivity contribution in [1.29, 1.82) is 0 Å². The second-order valence-corrected chi connectivity index (χ2v) is 6.94. The van der Waals surface area contributed by atoms with Gasteiger partial charge in [-0.1, -0.05) is 24.3 Å². The number of halogens is 4. The molecule has 0 saturated carbocycles. The van der Waals surface area contributed by atoms with E-state index in [1.165, 1.54) is 13.3 Å². The Morgan fingerprint density at radius 2 is 1.93 bits per heavy atom. The van der Waals surface area contributed by atoms with Gasteiger partial charge in [-0.2, -0.15) is 18.3 Å². The van der Waals surface area contributed by atoms with Gasteiger partial charge >= 0.3 is 6.18 Å². The molecular formula is C17H16BrF3N6O. The lowest BCUT2D eigenvalue weighted by Gasteiger charge is -2.05. The number of nitrogens with one attached hydrogen (secondary N) is 1. The van der Waals surface area contributed by atoms with Gasteiger partial charge in [0.15, 0.2) is 5.69 Å². The first-order valence-electron chi connectivity index (χ1n) is 8.19. The molecule has 2 aromatic heterocycles. The summed E-state index contributed by atoms with van der Waals surface area (Å²) in [5, 5.41) is 10.1. The van der Waals surface area contributed by atoms with Gasteiger partial charge in [0, 0.05) is 0 Å². The molecule has 2 heterocycles. The number of anilines is 1. The quantitative estimate of drug-likeness (QED) is 0.636. The van der Waals surface area contributed by atoms with Crippen LogP contribution in [0.15, 0.2) is 35.1 Å². The van der Waals surface area contributed by atoms with Crippen LogP contribution in [0.1, 0.15) is 22.5 Å². The minimum Gasteiger partial charge on any atom is -0.292 e. The molecule has 0 aliphatic heterocycles. The standard InChI is InChI=1S/C17H16BrF3N6O/c1-10-5-3-4-6-12(10)7-26-9-22-16(25-26)23-13(28)8-27-11(2)14(18)15(24-27)17(19,20)21/h3-6,9H,7-8H2,1-2H3,(H,23,25,28). The Hall–Kier alpha value is -2.69. The highest BCUT2D eigenvalue weighted by Gasteiger charge is 2.38. The van der Waals surface area contributed by atoms with E-state index in [4.69, 9.17) is 0 Å². The number of aryl methyl sites for hydroxylation is 1. The number of rotatable bonds is 5. The maximum Gasteiger partial charge on any atom is 0.436 e. The van der Waals surface area contributed by atoms with E-state index in [-0.39, 0.29) is 16.1 Å². The lowest BCUT2D eigenvalue weighted by atomic mass is 10.1. The monoisotopic (exact) mass is 456 g/mol. The van der Waals surface area contributed by atoms with Crippen LogP contribution in [0.25, 0.3) is 0 Å². The molecular weight excluding hydrogens is 441 g/mol. The molecule has 28 heavy (non-hydrogen) atoms. The number of benzene rings is 1. The van der Waals surface area contributed by atoms with Crippen molar-refractivity contribution in [3.8, 4) is 0 Å². The van der Waals surface area contributed by atoms with E-state index in [2.05, 4.69) is 36.4 Å². The number of aromatic nitrogens is 5. The Morgan fingerprint density at radius 3 is 2.57 bits per heavy atom. The highest BCUT2D eigenvalue weighted by atomic mass is 79.9. The normalized spacial score (nSPS) is 11.6. The number of nitrogens with zero attached hydrogens (tertiary/aromatic N) is 5. The summed E-state index contributed by atoms with van der Waals surface area (Å²) in [6.07, 6.45) is -3.14. The van der Waals surface area contributed by atoms with Crippen molar-refractivity contribution in [1.82, 2.24) is 24.5 Å². The van der Waals surface area contributed by atoms with Crippen LogP contribution < -0.4 is 5.32 Å². The number of carbonyl (C=O) groups excluding carboxylic acids is 1. The summed E-state index contributed by atoms with van der Waals surface area (Å²) in [6, 6.07) is 7.80. The fourth-order valence-corrected chi connectivity index (χ4v) is 3.06. The van der Waals surface area contributed by atoms with Crippen LogP contribution in [0.2, 0.25) is 0 Å². The van der Waals surface area contributed by atoms with E-state index < -0.39 is 24.3 Å². The van der Waals surface area contributed by atoms with Crippen LogP contribution in [0, 0.1) is 13.8 Å². The van der Waals surface area contributed by atoms with E-state index in [0.29, 0.717) is 6.54 Å². The number of alkyl halides is 3. The zero-order valence-electron chi connectivity index (χ0n) is 15.0. The summed E-state index contributed by atoms with van der Waals surface area (Å²) in [4.78, 5) is 16.2.